The van der Waals surface area contributed by atoms with Crippen LogP contribution in [0.3, 0.4) is 0 Å². The lowest BCUT2D eigenvalue weighted by atomic mass is 10.3. The molecule has 0 bridgehead atoms. The van der Waals surface area contributed by atoms with Gasteiger partial charge in [-0.05, 0) is 13.8 Å². The number of hydrogen-bond donors (Lipinski definition) is 0. The molecule has 0 unspecified atom stereocenters. The van der Waals surface area contributed by atoms with E-state index in [0.717, 1.165) is 18.3 Å². The summed E-state index contributed by atoms with van der Waals surface area (Å²) in [5, 5.41) is 19.1. The quantitative estimate of drug-likeness (QED) is 0.591. The third-order valence-corrected chi connectivity index (χ3v) is 3.30. The normalized spacial score (nSPS) is 10.7. The monoisotopic (exact) mass is 306 g/mol. The largest absolute Gasteiger partial charge is 0.336 e. The third-order valence-electron chi connectivity index (χ3n) is 3.30. The summed E-state index contributed by atoms with van der Waals surface area (Å²) in [5.41, 5.74) is 0.587. The second kappa shape index (κ2) is 6.37. The molecule has 118 valence electrons. The van der Waals surface area contributed by atoms with E-state index in [1.807, 2.05) is 13.1 Å². The van der Waals surface area contributed by atoms with E-state index in [-0.39, 0.29) is 11.4 Å². The Morgan fingerprint density at radius 2 is 2.05 bits per heavy atom. The fraction of sp³-hybridized carbons (Fsp3) is 0.462. The highest BCUT2D eigenvalue weighted by Crippen LogP contribution is 2.20. The summed E-state index contributed by atoms with van der Waals surface area (Å²) in [6, 6.07) is 0. The minimum Gasteiger partial charge on any atom is -0.336 e. The zero-order valence-electron chi connectivity index (χ0n) is 12.8. The Bertz CT molecular complexity index is 690. The summed E-state index contributed by atoms with van der Waals surface area (Å²) >= 11 is 0. The number of rotatable bonds is 6. The first-order chi connectivity index (χ1) is 10.5. The second-order valence-electron chi connectivity index (χ2n) is 4.82. The smallest absolute Gasteiger partial charge is 0.320 e. The van der Waals surface area contributed by atoms with Gasteiger partial charge in [0.1, 0.15) is 6.20 Å². The van der Waals surface area contributed by atoms with Crippen LogP contribution in [0.5, 0.6) is 0 Å². The van der Waals surface area contributed by atoms with E-state index in [1.165, 1.54) is 9.58 Å². The van der Waals surface area contributed by atoms with Crippen LogP contribution in [0.1, 0.15) is 29.9 Å². The van der Waals surface area contributed by atoms with Crippen LogP contribution in [0, 0.1) is 10.1 Å². The molecule has 0 aliphatic carbocycles. The van der Waals surface area contributed by atoms with Gasteiger partial charge in [-0.1, -0.05) is 0 Å². The first-order valence-corrected chi connectivity index (χ1v) is 6.94. The van der Waals surface area contributed by atoms with Crippen molar-refractivity contribution < 1.29 is 9.72 Å². The van der Waals surface area contributed by atoms with Crippen LogP contribution in [0.2, 0.25) is 0 Å². The predicted molar refractivity (Wildman–Crippen MR) is 78.3 cm³/mol. The molecule has 0 saturated heterocycles. The van der Waals surface area contributed by atoms with Gasteiger partial charge in [-0.25, -0.2) is 0 Å². The van der Waals surface area contributed by atoms with Gasteiger partial charge in [0.25, 0.3) is 5.91 Å². The highest BCUT2D eigenvalue weighted by Gasteiger charge is 2.28. The molecule has 22 heavy (non-hydrogen) atoms. The molecule has 9 heteroatoms. The number of nitrogens with zero attached hydrogens (tertiary/aromatic N) is 6. The van der Waals surface area contributed by atoms with Gasteiger partial charge in [0, 0.05) is 38.4 Å². The Labute approximate surface area is 127 Å². The Kier molecular flexibility index (Phi) is 4.54. The van der Waals surface area contributed by atoms with Crippen molar-refractivity contribution in [2.45, 2.75) is 33.5 Å². The van der Waals surface area contributed by atoms with E-state index >= 15 is 0 Å². The van der Waals surface area contributed by atoms with Gasteiger partial charge < -0.3 is 4.90 Å². The van der Waals surface area contributed by atoms with Crippen LogP contribution >= 0.6 is 0 Å². The fourth-order valence-corrected chi connectivity index (χ4v) is 2.16. The maximum atomic E-state index is 12.5. The van der Waals surface area contributed by atoms with E-state index < -0.39 is 10.8 Å². The lowest BCUT2D eigenvalue weighted by Crippen LogP contribution is -2.29. The summed E-state index contributed by atoms with van der Waals surface area (Å²) in [4.78, 5) is 24.4. The molecule has 1 amide bonds. The molecule has 0 aliphatic rings. The van der Waals surface area contributed by atoms with Gasteiger partial charge in [0.2, 0.25) is 5.69 Å². The maximum absolute atomic E-state index is 12.5. The molecule has 0 spiro atoms. The number of aryl methyl sites for hydroxylation is 2. The summed E-state index contributed by atoms with van der Waals surface area (Å²) < 4.78 is 3.10. The molecule has 9 nitrogen and oxygen atoms in total. The van der Waals surface area contributed by atoms with Crippen LogP contribution in [-0.4, -0.2) is 42.3 Å². The Morgan fingerprint density at radius 3 is 2.59 bits per heavy atom. The van der Waals surface area contributed by atoms with Crippen LogP contribution in [0.4, 0.5) is 5.69 Å². The van der Waals surface area contributed by atoms with Crippen LogP contribution in [-0.2, 0) is 19.6 Å². The zero-order valence-corrected chi connectivity index (χ0v) is 12.8. The van der Waals surface area contributed by atoms with Gasteiger partial charge in [-0.2, -0.15) is 10.2 Å². The molecule has 0 saturated carbocycles. The number of carbonyl (C=O) groups is 1. The Hall–Kier alpha value is -2.71. The topological polar surface area (TPSA) is 99.1 Å². The molecular weight excluding hydrogens is 288 g/mol. The standard InChI is InChI=1S/C13H18N6O3/c1-4-17-9-10(6-14-17)8-16(3)13(20)12-11(19(21)22)7-15-18(12)5-2/h6-7,9H,4-5,8H2,1-3H3. The summed E-state index contributed by atoms with van der Waals surface area (Å²) in [6.07, 6.45) is 4.63. The fourth-order valence-electron chi connectivity index (χ4n) is 2.16. The molecule has 0 fully saturated rings. The van der Waals surface area contributed by atoms with Crippen molar-refractivity contribution in [3.05, 3.63) is 40.0 Å². The minimum absolute atomic E-state index is 0.00196. The maximum Gasteiger partial charge on any atom is 0.320 e. The molecular formula is C13H18N6O3. The number of hydrogen-bond acceptors (Lipinski definition) is 5. The number of aromatic nitrogens is 4. The number of amides is 1. The highest BCUT2D eigenvalue weighted by molar-refractivity contribution is 5.96. The molecule has 2 aromatic heterocycles. The van der Waals surface area contributed by atoms with Gasteiger partial charge in [0.15, 0.2) is 0 Å². The van der Waals surface area contributed by atoms with E-state index in [2.05, 4.69) is 10.2 Å². The number of nitro groups is 1. The average Bonchev–Trinajstić information content (AvgIpc) is 3.12. The highest BCUT2D eigenvalue weighted by atomic mass is 16.6. The van der Waals surface area contributed by atoms with Crippen molar-refractivity contribution >= 4 is 11.6 Å². The molecule has 0 aromatic carbocycles. The summed E-state index contributed by atoms with van der Waals surface area (Å²) in [7, 11) is 1.60. The van der Waals surface area contributed by atoms with Gasteiger partial charge >= 0.3 is 5.69 Å². The van der Waals surface area contributed by atoms with Crippen molar-refractivity contribution in [1.82, 2.24) is 24.5 Å². The SMILES string of the molecule is CCn1cc(CN(C)C(=O)c2c([N+](=O)[O-])cnn2CC)cn1. The lowest BCUT2D eigenvalue weighted by molar-refractivity contribution is -0.385. The van der Waals surface area contributed by atoms with Crippen molar-refractivity contribution in [1.29, 1.82) is 0 Å². The van der Waals surface area contributed by atoms with Crippen molar-refractivity contribution in [3.8, 4) is 0 Å². The van der Waals surface area contributed by atoms with Gasteiger partial charge in [0.05, 0.1) is 11.1 Å². The first-order valence-electron chi connectivity index (χ1n) is 6.94. The number of carbonyl (C=O) groups excluding carboxylic acids is 1. The molecule has 0 radical (unpaired) electrons. The first kappa shape index (κ1) is 15.7. The van der Waals surface area contributed by atoms with E-state index in [1.54, 1.807) is 24.9 Å². The minimum atomic E-state index is -0.588. The van der Waals surface area contributed by atoms with Gasteiger partial charge in [-0.3, -0.25) is 24.3 Å². The zero-order chi connectivity index (χ0) is 16.3. The summed E-state index contributed by atoms with van der Waals surface area (Å²) in [6.45, 7) is 5.20. The Morgan fingerprint density at radius 1 is 1.32 bits per heavy atom. The van der Waals surface area contributed by atoms with E-state index in [4.69, 9.17) is 0 Å². The predicted octanol–water partition coefficient (Wildman–Crippen LogP) is 1.30. The van der Waals surface area contributed by atoms with Crippen molar-refractivity contribution in [3.63, 3.8) is 0 Å². The second-order valence-corrected chi connectivity index (χ2v) is 4.82. The molecule has 2 rings (SSSR count). The van der Waals surface area contributed by atoms with E-state index in [0.29, 0.717) is 13.1 Å². The van der Waals surface area contributed by atoms with Crippen LogP contribution < -0.4 is 0 Å². The van der Waals surface area contributed by atoms with Crippen LogP contribution in [0.15, 0.2) is 18.6 Å². The molecule has 0 N–H and O–H groups in total. The molecule has 2 aromatic rings. The molecule has 2 heterocycles. The van der Waals surface area contributed by atoms with Crippen molar-refractivity contribution in [2.24, 2.45) is 0 Å². The summed E-state index contributed by atoms with van der Waals surface area (Å²) in [5.74, 6) is -0.435. The lowest BCUT2D eigenvalue weighted by Gasteiger charge is -2.16. The third kappa shape index (κ3) is 2.97. The van der Waals surface area contributed by atoms with Crippen molar-refractivity contribution in [2.75, 3.05) is 7.05 Å². The van der Waals surface area contributed by atoms with E-state index in [9.17, 15) is 14.9 Å². The molecule has 0 atom stereocenters. The van der Waals surface area contributed by atoms with Crippen LogP contribution in [0.25, 0.3) is 0 Å². The molecule has 0 aliphatic heterocycles. The van der Waals surface area contributed by atoms with Gasteiger partial charge in [-0.15, -0.1) is 0 Å². The Balaban J connectivity index is 2.23. The average molecular weight is 306 g/mol.